The van der Waals surface area contributed by atoms with Gasteiger partial charge in [0.2, 0.25) is 0 Å². The molecule has 0 fully saturated rings. The fourth-order valence-corrected chi connectivity index (χ4v) is 3.27. The lowest BCUT2D eigenvalue weighted by atomic mass is 9.99. The number of rotatable bonds is 9. The first-order valence-corrected chi connectivity index (χ1v) is 10.5. The van der Waals surface area contributed by atoms with E-state index in [0.717, 1.165) is 30.8 Å². The van der Waals surface area contributed by atoms with Crippen molar-refractivity contribution in [2.45, 2.75) is 71.6 Å². The van der Waals surface area contributed by atoms with Crippen molar-refractivity contribution in [2.75, 3.05) is 18.8 Å². The number of nitrogens with zero attached hydrogens (tertiary/aromatic N) is 2. The maximum atomic E-state index is 12.1. The predicted octanol–water partition coefficient (Wildman–Crippen LogP) is 3.18. The monoisotopic (exact) mass is 370 g/mol. The third-order valence-electron chi connectivity index (χ3n) is 3.98. The molecular weight excluding hydrogens is 336 g/mol. The van der Waals surface area contributed by atoms with Crippen LogP contribution in [0.15, 0.2) is 15.6 Å². The molecular formula is C18H34N4O2S. The smallest absolute Gasteiger partial charge is 0.191 e. The molecule has 0 aromatic carbocycles. The maximum absolute atomic E-state index is 12.1. The molecule has 25 heavy (non-hydrogen) atoms. The summed E-state index contributed by atoms with van der Waals surface area (Å²) in [5, 5.41) is 10.6. The number of nitrogens with one attached hydrogen (secondary N) is 2. The van der Waals surface area contributed by atoms with Crippen molar-refractivity contribution in [3.05, 3.63) is 17.5 Å². The van der Waals surface area contributed by atoms with Crippen LogP contribution in [0.1, 0.15) is 71.8 Å². The zero-order valence-corrected chi connectivity index (χ0v) is 17.3. The molecule has 1 rings (SSSR count). The van der Waals surface area contributed by atoms with E-state index in [9.17, 15) is 4.21 Å². The Hall–Kier alpha value is -1.37. The van der Waals surface area contributed by atoms with Crippen LogP contribution < -0.4 is 10.6 Å². The van der Waals surface area contributed by atoms with E-state index in [2.05, 4.69) is 34.6 Å². The average Bonchev–Trinajstić information content (AvgIpc) is 3.01. The first-order valence-electron chi connectivity index (χ1n) is 9.17. The Morgan fingerprint density at radius 2 is 1.96 bits per heavy atom. The van der Waals surface area contributed by atoms with Crippen LogP contribution in [0, 0.1) is 0 Å². The van der Waals surface area contributed by atoms with Crippen molar-refractivity contribution in [3.8, 4) is 0 Å². The van der Waals surface area contributed by atoms with Crippen molar-refractivity contribution >= 4 is 16.8 Å². The van der Waals surface area contributed by atoms with Gasteiger partial charge in [-0.1, -0.05) is 19.0 Å². The lowest BCUT2D eigenvalue weighted by molar-refractivity contribution is 0.372. The summed E-state index contributed by atoms with van der Waals surface area (Å²) in [6.07, 6.45) is 2.11. The topological polar surface area (TPSA) is 79.5 Å². The van der Waals surface area contributed by atoms with Gasteiger partial charge in [-0.3, -0.25) is 4.21 Å². The molecule has 0 amide bonds. The Kier molecular flexibility index (Phi) is 9.17. The van der Waals surface area contributed by atoms with E-state index in [1.165, 1.54) is 0 Å². The highest BCUT2D eigenvalue weighted by Gasteiger charge is 2.18. The molecule has 0 aliphatic rings. The van der Waals surface area contributed by atoms with Crippen LogP contribution >= 0.6 is 0 Å². The van der Waals surface area contributed by atoms with Crippen molar-refractivity contribution in [1.82, 2.24) is 15.8 Å². The maximum Gasteiger partial charge on any atom is 0.191 e. The van der Waals surface area contributed by atoms with Gasteiger partial charge in [0.05, 0.1) is 5.69 Å². The summed E-state index contributed by atoms with van der Waals surface area (Å²) >= 11 is 0. The van der Waals surface area contributed by atoms with Crippen LogP contribution in [0.2, 0.25) is 0 Å². The molecule has 2 N–H and O–H groups in total. The molecule has 0 radical (unpaired) electrons. The second-order valence-electron chi connectivity index (χ2n) is 7.02. The van der Waals surface area contributed by atoms with E-state index in [0.29, 0.717) is 30.7 Å². The zero-order chi connectivity index (χ0) is 18.9. The second kappa shape index (κ2) is 10.6. The van der Waals surface area contributed by atoms with Crippen molar-refractivity contribution in [3.63, 3.8) is 0 Å². The Bertz CT molecular complexity index is 560. The van der Waals surface area contributed by atoms with Crippen LogP contribution in [0.4, 0.5) is 0 Å². The average molecular weight is 371 g/mol. The first kappa shape index (κ1) is 21.7. The summed E-state index contributed by atoms with van der Waals surface area (Å²) in [5.74, 6) is 2.50. The van der Waals surface area contributed by atoms with E-state index >= 15 is 0 Å². The normalized spacial score (nSPS) is 14.0. The summed E-state index contributed by atoms with van der Waals surface area (Å²) in [7, 11) is -0.876. The highest BCUT2D eigenvalue weighted by atomic mass is 32.2. The number of guanidine groups is 1. The number of aliphatic imine (C=N–C) groups is 1. The van der Waals surface area contributed by atoms with Crippen LogP contribution in [0.25, 0.3) is 0 Å². The van der Waals surface area contributed by atoms with Gasteiger partial charge in [-0.25, -0.2) is 4.99 Å². The Morgan fingerprint density at radius 1 is 1.28 bits per heavy atom. The number of hydrogen-bond donors (Lipinski definition) is 2. The highest BCUT2D eigenvalue weighted by Crippen LogP contribution is 2.22. The summed E-state index contributed by atoms with van der Waals surface area (Å²) < 4.78 is 17.3. The molecule has 0 aliphatic carbocycles. The summed E-state index contributed by atoms with van der Waals surface area (Å²) in [4.78, 5) is 4.53. The van der Waals surface area contributed by atoms with Gasteiger partial charge in [0, 0.05) is 46.4 Å². The highest BCUT2D eigenvalue weighted by molar-refractivity contribution is 7.86. The molecule has 1 heterocycles. The molecule has 0 bridgehead atoms. The minimum atomic E-state index is -0.876. The molecule has 144 valence electrons. The molecule has 0 spiro atoms. The van der Waals surface area contributed by atoms with E-state index in [1.807, 2.05) is 33.8 Å². The van der Waals surface area contributed by atoms with Crippen LogP contribution in [0.5, 0.6) is 0 Å². The molecule has 0 aliphatic heterocycles. The Labute approximate surface area is 154 Å². The first-order chi connectivity index (χ1) is 11.8. The third-order valence-corrected chi connectivity index (χ3v) is 5.92. The molecule has 7 heteroatoms. The minimum absolute atomic E-state index is 0.192. The van der Waals surface area contributed by atoms with Crippen LogP contribution in [-0.4, -0.2) is 38.9 Å². The van der Waals surface area contributed by atoms with Crippen molar-refractivity contribution in [2.24, 2.45) is 4.99 Å². The van der Waals surface area contributed by atoms with E-state index in [-0.39, 0.29) is 4.75 Å². The van der Waals surface area contributed by atoms with Gasteiger partial charge in [0.25, 0.3) is 0 Å². The summed E-state index contributed by atoms with van der Waals surface area (Å²) in [6, 6.07) is 2.00. The fourth-order valence-electron chi connectivity index (χ4n) is 2.37. The molecule has 1 unspecified atom stereocenters. The van der Waals surface area contributed by atoms with Gasteiger partial charge in [-0.2, -0.15) is 0 Å². The van der Waals surface area contributed by atoms with Gasteiger partial charge in [-0.15, -0.1) is 0 Å². The lowest BCUT2D eigenvalue weighted by Crippen LogP contribution is -2.40. The van der Waals surface area contributed by atoms with Crippen LogP contribution in [0.3, 0.4) is 0 Å². The van der Waals surface area contributed by atoms with Gasteiger partial charge >= 0.3 is 0 Å². The molecule has 1 atom stereocenters. The lowest BCUT2D eigenvalue weighted by Gasteiger charge is -2.18. The minimum Gasteiger partial charge on any atom is -0.359 e. The van der Waals surface area contributed by atoms with Crippen molar-refractivity contribution in [1.29, 1.82) is 0 Å². The largest absolute Gasteiger partial charge is 0.359 e. The molecule has 1 aromatic rings. The SMILES string of the molecule is CCNC(=NCc1cc(C(CC)CC)no1)NCCS(=O)C(C)(C)C. The second-order valence-corrected chi connectivity index (χ2v) is 9.34. The van der Waals surface area contributed by atoms with Gasteiger partial charge < -0.3 is 15.2 Å². The molecule has 0 saturated heterocycles. The summed E-state index contributed by atoms with van der Waals surface area (Å²) in [6.45, 7) is 14.1. The molecule has 6 nitrogen and oxygen atoms in total. The van der Waals surface area contributed by atoms with E-state index in [1.54, 1.807) is 0 Å². The van der Waals surface area contributed by atoms with Crippen LogP contribution in [-0.2, 0) is 17.3 Å². The van der Waals surface area contributed by atoms with E-state index in [4.69, 9.17) is 4.52 Å². The van der Waals surface area contributed by atoms with Gasteiger partial charge in [0.1, 0.15) is 6.54 Å². The Balaban J connectivity index is 2.59. The molecule has 1 aromatic heterocycles. The number of hydrogen-bond acceptors (Lipinski definition) is 4. The predicted molar refractivity (Wildman–Crippen MR) is 105 cm³/mol. The fraction of sp³-hybridized carbons (Fsp3) is 0.778. The quantitative estimate of drug-likeness (QED) is 0.515. The number of aromatic nitrogens is 1. The van der Waals surface area contributed by atoms with Gasteiger partial charge in [0.15, 0.2) is 11.7 Å². The molecule has 0 saturated carbocycles. The van der Waals surface area contributed by atoms with Gasteiger partial charge in [-0.05, 0) is 40.5 Å². The van der Waals surface area contributed by atoms with E-state index < -0.39 is 10.8 Å². The Morgan fingerprint density at radius 3 is 2.52 bits per heavy atom. The zero-order valence-electron chi connectivity index (χ0n) is 16.5. The third kappa shape index (κ3) is 7.59. The summed E-state index contributed by atoms with van der Waals surface area (Å²) in [5.41, 5.74) is 1.01. The van der Waals surface area contributed by atoms with Crippen molar-refractivity contribution < 1.29 is 8.73 Å². The standard InChI is InChI=1S/C18H34N4O2S/c1-7-14(8-2)16-12-15(24-22-16)13-21-17(19-9-3)20-10-11-25(23)18(4,5)6/h12,14H,7-11,13H2,1-6H3,(H2,19,20,21).